The Bertz CT molecular complexity index is 1100. The summed E-state index contributed by atoms with van der Waals surface area (Å²) in [6.45, 7) is 4.08. The number of hydrogen-bond acceptors (Lipinski definition) is 4. The molecule has 31 heavy (non-hydrogen) atoms. The van der Waals surface area contributed by atoms with Gasteiger partial charge in [0, 0.05) is 11.1 Å². The monoisotopic (exact) mass is 418 g/mol. The normalized spacial score (nSPS) is 16.3. The smallest absolute Gasteiger partial charge is 0.275 e. The van der Waals surface area contributed by atoms with Crippen LogP contribution in [0.3, 0.4) is 0 Å². The molecular weight excluding hydrogens is 388 g/mol. The summed E-state index contributed by atoms with van der Waals surface area (Å²) < 4.78 is 1.24. The van der Waals surface area contributed by atoms with Gasteiger partial charge in [-0.1, -0.05) is 30.3 Å². The summed E-state index contributed by atoms with van der Waals surface area (Å²) in [5, 5.41) is 8.44. The molecule has 2 heterocycles. The van der Waals surface area contributed by atoms with Crippen molar-refractivity contribution in [2.24, 2.45) is 5.92 Å². The third-order valence-corrected chi connectivity index (χ3v) is 6.37. The van der Waals surface area contributed by atoms with Crippen molar-refractivity contribution in [3.63, 3.8) is 0 Å². The third kappa shape index (κ3) is 5.02. The molecule has 162 valence electrons. The number of aromatic nitrogens is 2. The minimum atomic E-state index is -0.707. The van der Waals surface area contributed by atoms with E-state index in [-0.39, 0.29) is 11.5 Å². The van der Waals surface area contributed by atoms with Crippen molar-refractivity contribution in [3.8, 4) is 0 Å². The average Bonchev–Trinajstić information content (AvgIpc) is 2.79. The van der Waals surface area contributed by atoms with Gasteiger partial charge in [-0.25, -0.2) is 4.68 Å². The molecule has 1 unspecified atom stereocenters. The molecule has 3 aromatic rings. The van der Waals surface area contributed by atoms with Gasteiger partial charge in [-0.15, -0.1) is 0 Å². The van der Waals surface area contributed by atoms with Crippen LogP contribution in [0.25, 0.3) is 10.8 Å². The maximum absolute atomic E-state index is 12.7. The highest BCUT2D eigenvalue weighted by Gasteiger charge is 2.19. The van der Waals surface area contributed by atoms with Crippen molar-refractivity contribution in [3.05, 3.63) is 70.6 Å². The highest BCUT2D eigenvalue weighted by Crippen LogP contribution is 2.22. The van der Waals surface area contributed by atoms with Crippen LogP contribution in [0.4, 0.5) is 5.69 Å². The molecule has 1 aromatic heterocycles. The van der Waals surface area contributed by atoms with E-state index in [1.807, 2.05) is 30.3 Å². The van der Waals surface area contributed by atoms with Crippen molar-refractivity contribution in [1.82, 2.24) is 14.7 Å². The molecule has 1 N–H and O–H groups in total. The molecule has 1 amide bonds. The molecular formula is C25H30N4O2. The van der Waals surface area contributed by atoms with Gasteiger partial charge in [0.05, 0.1) is 11.6 Å². The van der Waals surface area contributed by atoms with Crippen molar-refractivity contribution in [2.75, 3.05) is 25.5 Å². The zero-order valence-electron chi connectivity index (χ0n) is 18.3. The zero-order chi connectivity index (χ0) is 21.8. The van der Waals surface area contributed by atoms with Crippen LogP contribution in [0.1, 0.15) is 37.8 Å². The van der Waals surface area contributed by atoms with E-state index in [2.05, 4.69) is 34.5 Å². The van der Waals surface area contributed by atoms with E-state index in [1.54, 1.807) is 19.2 Å². The first-order chi connectivity index (χ1) is 15.0. The number of carbonyl (C=O) groups excluding carboxylic acids is 1. The topological polar surface area (TPSA) is 67.2 Å². The van der Waals surface area contributed by atoms with Crippen LogP contribution in [0, 0.1) is 5.92 Å². The molecule has 0 radical (unpaired) electrons. The van der Waals surface area contributed by atoms with E-state index in [0.717, 1.165) is 23.4 Å². The first-order valence-corrected chi connectivity index (χ1v) is 11.1. The van der Waals surface area contributed by atoms with Gasteiger partial charge in [-0.3, -0.25) is 9.59 Å². The number of piperidine rings is 1. The zero-order valence-corrected chi connectivity index (χ0v) is 18.3. The summed E-state index contributed by atoms with van der Waals surface area (Å²) in [6.07, 6.45) is 6.47. The van der Waals surface area contributed by atoms with Gasteiger partial charge >= 0.3 is 0 Å². The van der Waals surface area contributed by atoms with E-state index in [0.29, 0.717) is 5.39 Å². The maximum atomic E-state index is 12.7. The van der Waals surface area contributed by atoms with Crippen molar-refractivity contribution >= 4 is 22.4 Å². The molecule has 1 atom stereocenters. The van der Waals surface area contributed by atoms with E-state index in [4.69, 9.17) is 0 Å². The van der Waals surface area contributed by atoms with Crippen molar-refractivity contribution < 1.29 is 4.79 Å². The standard InChI is InChI=1S/C25H30N4O2/c1-18(29-25(31)23-6-4-3-5-21(23)17-26-29)24(30)27-22-11-9-19(10-12-22)7-8-20-13-15-28(2)16-14-20/h3-6,9-12,17-18,20H,7-8,13-16H2,1-2H3,(H,27,30). The number of nitrogens with zero attached hydrogens (tertiary/aromatic N) is 3. The Morgan fingerprint density at radius 3 is 2.58 bits per heavy atom. The Labute approximate surface area is 182 Å². The van der Waals surface area contributed by atoms with Crippen LogP contribution in [0.2, 0.25) is 0 Å². The van der Waals surface area contributed by atoms with E-state index in [1.165, 1.54) is 42.6 Å². The minimum Gasteiger partial charge on any atom is -0.324 e. The summed E-state index contributed by atoms with van der Waals surface area (Å²) >= 11 is 0. The van der Waals surface area contributed by atoms with Gasteiger partial charge in [0.1, 0.15) is 6.04 Å². The number of carbonyl (C=O) groups is 1. The molecule has 4 rings (SSSR count). The molecule has 0 saturated carbocycles. The van der Waals surface area contributed by atoms with Crippen LogP contribution in [-0.2, 0) is 11.2 Å². The second-order valence-electron chi connectivity index (χ2n) is 8.63. The largest absolute Gasteiger partial charge is 0.324 e. The highest BCUT2D eigenvalue weighted by molar-refractivity contribution is 5.93. The quantitative estimate of drug-likeness (QED) is 0.660. The first-order valence-electron chi connectivity index (χ1n) is 11.1. The summed E-state index contributed by atoms with van der Waals surface area (Å²) in [5.41, 5.74) is 1.76. The van der Waals surface area contributed by atoms with Gasteiger partial charge < -0.3 is 10.2 Å². The predicted octanol–water partition coefficient (Wildman–Crippen LogP) is 3.87. The van der Waals surface area contributed by atoms with Crippen LogP contribution >= 0.6 is 0 Å². The lowest BCUT2D eigenvalue weighted by molar-refractivity contribution is -0.119. The van der Waals surface area contributed by atoms with Crippen LogP contribution in [-0.4, -0.2) is 40.7 Å². The molecule has 0 spiro atoms. The SMILES string of the molecule is CC(C(=O)Nc1ccc(CCC2CCN(C)CC2)cc1)n1ncc2ccccc2c1=O. The average molecular weight is 419 g/mol. The van der Waals surface area contributed by atoms with Crippen molar-refractivity contribution in [1.29, 1.82) is 0 Å². The predicted molar refractivity (Wildman–Crippen MR) is 124 cm³/mol. The van der Waals surface area contributed by atoms with E-state index < -0.39 is 6.04 Å². The molecule has 1 aliphatic rings. The Morgan fingerprint density at radius 1 is 1.13 bits per heavy atom. The maximum Gasteiger partial charge on any atom is 0.275 e. The molecule has 1 fully saturated rings. The molecule has 1 saturated heterocycles. The summed E-state index contributed by atoms with van der Waals surface area (Å²) in [4.78, 5) is 27.8. The summed E-state index contributed by atoms with van der Waals surface area (Å²) in [7, 11) is 2.19. The third-order valence-electron chi connectivity index (χ3n) is 6.37. The number of anilines is 1. The lowest BCUT2D eigenvalue weighted by atomic mass is 9.91. The van der Waals surface area contributed by atoms with Gasteiger partial charge in [0.25, 0.3) is 5.56 Å². The second-order valence-corrected chi connectivity index (χ2v) is 8.63. The van der Waals surface area contributed by atoms with Gasteiger partial charge in [-0.2, -0.15) is 5.10 Å². The lowest BCUT2D eigenvalue weighted by Crippen LogP contribution is -2.33. The van der Waals surface area contributed by atoms with Gasteiger partial charge in [0.15, 0.2) is 0 Å². The molecule has 1 aliphatic heterocycles. The van der Waals surface area contributed by atoms with Crippen molar-refractivity contribution in [2.45, 2.75) is 38.6 Å². The van der Waals surface area contributed by atoms with E-state index in [9.17, 15) is 9.59 Å². The van der Waals surface area contributed by atoms with Crippen LogP contribution < -0.4 is 10.9 Å². The number of fused-ring (bicyclic) bond motifs is 1. The fraction of sp³-hybridized carbons (Fsp3) is 0.400. The summed E-state index contributed by atoms with van der Waals surface area (Å²) in [6, 6.07) is 14.6. The Balaban J connectivity index is 1.36. The first kappa shape index (κ1) is 21.2. The van der Waals surface area contributed by atoms with Crippen LogP contribution in [0.5, 0.6) is 0 Å². The number of benzene rings is 2. The Hall–Kier alpha value is -2.99. The number of aryl methyl sites for hydroxylation is 1. The Morgan fingerprint density at radius 2 is 1.84 bits per heavy atom. The number of amides is 1. The van der Waals surface area contributed by atoms with Gasteiger partial charge in [0.2, 0.25) is 5.91 Å². The van der Waals surface area contributed by atoms with Gasteiger partial charge in [-0.05, 0) is 82.4 Å². The molecule has 6 heteroatoms. The molecule has 2 aromatic carbocycles. The van der Waals surface area contributed by atoms with E-state index >= 15 is 0 Å². The number of rotatable bonds is 6. The highest BCUT2D eigenvalue weighted by atomic mass is 16.2. The summed E-state index contributed by atoms with van der Waals surface area (Å²) in [5.74, 6) is 0.549. The van der Waals surface area contributed by atoms with Crippen LogP contribution in [0.15, 0.2) is 59.5 Å². The fourth-order valence-electron chi connectivity index (χ4n) is 4.21. The molecule has 0 aliphatic carbocycles. The molecule has 0 bridgehead atoms. The number of likely N-dealkylation sites (tertiary alicyclic amines) is 1. The number of nitrogens with one attached hydrogen (secondary N) is 1. The molecule has 6 nitrogen and oxygen atoms in total. The lowest BCUT2D eigenvalue weighted by Gasteiger charge is -2.28. The Kier molecular flexibility index (Phi) is 6.47. The minimum absolute atomic E-state index is 0.259. The number of hydrogen-bond donors (Lipinski definition) is 1. The fourth-order valence-corrected chi connectivity index (χ4v) is 4.21. The second kappa shape index (κ2) is 9.43.